The fourth-order valence-electron chi connectivity index (χ4n) is 0.841. The monoisotopic (exact) mass is 197 g/mol. The molecule has 0 saturated carbocycles. The molecule has 3 heteroatoms. The molecule has 0 aliphatic heterocycles. The molecule has 0 unspecified atom stereocenters. The molecule has 0 bridgehead atoms. The lowest BCUT2D eigenvalue weighted by Crippen LogP contribution is -2.25. The minimum atomic E-state index is -0.317. The molecule has 0 saturated heterocycles. The molecular formula is C11H19NO2. The maximum Gasteiger partial charge on any atom is 0.333 e. The third-order valence-electron chi connectivity index (χ3n) is 1.77. The van der Waals surface area contributed by atoms with Crippen LogP contribution in [-0.2, 0) is 9.53 Å². The van der Waals surface area contributed by atoms with Crippen molar-refractivity contribution in [2.75, 3.05) is 26.7 Å². The van der Waals surface area contributed by atoms with E-state index in [0.29, 0.717) is 12.2 Å². The van der Waals surface area contributed by atoms with Crippen LogP contribution in [0.1, 0.15) is 13.3 Å². The standard InChI is InChI=1S/C11H19NO2/c1-5-6-7-12(4)8-9-14-11(13)10(2)3/h5H,1-2,6-9H2,3-4H3. The van der Waals surface area contributed by atoms with Gasteiger partial charge in [0.1, 0.15) is 6.61 Å². The van der Waals surface area contributed by atoms with Crippen molar-refractivity contribution in [1.82, 2.24) is 4.90 Å². The molecule has 0 radical (unpaired) electrons. The SMILES string of the molecule is C=CCCN(C)CCOC(=O)C(=C)C. The van der Waals surface area contributed by atoms with Gasteiger partial charge in [0, 0.05) is 18.7 Å². The summed E-state index contributed by atoms with van der Waals surface area (Å²) in [5, 5.41) is 0. The number of hydrogen-bond acceptors (Lipinski definition) is 3. The molecule has 0 amide bonds. The van der Waals surface area contributed by atoms with Gasteiger partial charge in [0.15, 0.2) is 0 Å². The number of carbonyl (C=O) groups excluding carboxylic acids is 1. The highest BCUT2D eigenvalue weighted by Gasteiger charge is 2.03. The van der Waals surface area contributed by atoms with Gasteiger partial charge in [-0.05, 0) is 20.4 Å². The van der Waals surface area contributed by atoms with E-state index in [0.717, 1.165) is 19.5 Å². The van der Waals surface area contributed by atoms with Gasteiger partial charge < -0.3 is 9.64 Å². The molecule has 0 fully saturated rings. The number of rotatable bonds is 7. The van der Waals surface area contributed by atoms with Crippen LogP contribution in [0.2, 0.25) is 0 Å². The molecule has 80 valence electrons. The van der Waals surface area contributed by atoms with E-state index >= 15 is 0 Å². The van der Waals surface area contributed by atoms with Crippen LogP contribution in [0.5, 0.6) is 0 Å². The predicted molar refractivity (Wildman–Crippen MR) is 58.1 cm³/mol. The average molecular weight is 197 g/mol. The molecule has 0 aromatic carbocycles. The number of esters is 1. The van der Waals surface area contributed by atoms with Crippen molar-refractivity contribution in [3.63, 3.8) is 0 Å². The molecule has 3 nitrogen and oxygen atoms in total. The van der Waals surface area contributed by atoms with Crippen molar-refractivity contribution in [2.24, 2.45) is 0 Å². The van der Waals surface area contributed by atoms with Crippen molar-refractivity contribution in [1.29, 1.82) is 0 Å². The largest absolute Gasteiger partial charge is 0.461 e. The summed E-state index contributed by atoms with van der Waals surface area (Å²) >= 11 is 0. The molecule has 0 aromatic heterocycles. The second-order valence-corrected chi connectivity index (χ2v) is 3.30. The first-order valence-corrected chi connectivity index (χ1v) is 4.70. The zero-order chi connectivity index (χ0) is 11.0. The lowest BCUT2D eigenvalue weighted by Gasteiger charge is -2.15. The van der Waals surface area contributed by atoms with Crippen molar-refractivity contribution in [3.8, 4) is 0 Å². The van der Waals surface area contributed by atoms with Gasteiger partial charge in [0.05, 0.1) is 0 Å². The highest BCUT2D eigenvalue weighted by atomic mass is 16.5. The second kappa shape index (κ2) is 7.33. The summed E-state index contributed by atoms with van der Waals surface area (Å²) in [6.45, 7) is 10.9. The Morgan fingerprint density at radius 2 is 2.14 bits per heavy atom. The fraction of sp³-hybridized carbons (Fsp3) is 0.545. The van der Waals surface area contributed by atoms with Gasteiger partial charge in [-0.1, -0.05) is 12.7 Å². The zero-order valence-electron chi connectivity index (χ0n) is 9.08. The summed E-state index contributed by atoms with van der Waals surface area (Å²) in [4.78, 5) is 13.1. The number of hydrogen-bond donors (Lipinski definition) is 0. The molecule has 0 aliphatic carbocycles. The Balaban J connectivity index is 3.48. The van der Waals surface area contributed by atoms with Crippen LogP contribution in [-0.4, -0.2) is 37.6 Å². The molecule has 0 rings (SSSR count). The maximum absolute atomic E-state index is 11.0. The first kappa shape index (κ1) is 12.9. The molecule has 0 N–H and O–H groups in total. The Morgan fingerprint density at radius 3 is 2.64 bits per heavy atom. The van der Waals surface area contributed by atoms with Crippen LogP contribution in [0.25, 0.3) is 0 Å². The van der Waals surface area contributed by atoms with Gasteiger partial charge in [-0.25, -0.2) is 4.79 Å². The minimum Gasteiger partial charge on any atom is -0.461 e. The number of ether oxygens (including phenoxy) is 1. The lowest BCUT2D eigenvalue weighted by atomic mass is 10.4. The second-order valence-electron chi connectivity index (χ2n) is 3.30. The topological polar surface area (TPSA) is 29.5 Å². The molecule has 0 atom stereocenters. The summed E-state index contributed by atoms with van der Waals surface area (Å²) in [6, 6.07) is 0. The van der Waals surface area contributed by atoms with E-state index in [1.54, 1.807) is 6.92 Å². The van der Waals surface area contributed by atoms with Crippen molar-refractivity contribution in [2.45, 2.75) is 13.3 Å². The summed E-state index contributed by atoms with van der Waals surface area (Å²) in [5.74, 6) is -0.317. The van der Waals surface area contributed by atoms with Crippen molar-refractivity contribution in [3.05, 3.63) is 24.8 Å². The van der Waals surface area contributed by atoms with Crippen LogP contribution in [0.4, 0.5) is 0 Å². The van der Waals surface area contributed by atoms with Gasteiger partial charge in [-0.3, -0.25) is 0 Å². The van der Waals surface area contributed by atoms with E-state index in [1.165, 1.54) is 0 Å². The van der Waals surface area contributed by atoms with Crippen LogP contribution in [0.15, 0.2) is 24.8 Å². The Labute approximate surface area is 86.0 Å². The van der Waals surface area contributed by atoms with Gasteiger partial charge in [0.2, 0.25) is 0 Å². The molecule has 0 aromatic rings. The first-order chi connectivity index (χ1) is 6.57. The maximum atomic E-state index is 11.0. The highest BCUT2D eigenvalue weighted by Crippen LogP contribution is 1.93. The summed E-state index contributed by atoms with van der Waals surface area (Å²) < 4.78 is 4.95. The van der Waals surface area contributed by atoms with Gasteiger partial charge >= 0.3 is 5.97 Å². The van der Waals surface area contributed by atoms with E-state index in [2.05, 4.69) is 18.1 Å². The van der Waals surface area contributed by atoms with Gasteiger partial charge in [-0.2, -0.15) is 0 Å². The Morgan fingerprint density at radius 1 is 1.50 bits per heavy atom. The van der Waals surface area contributed by atoms with Crippen LogP contribution in [0, 0.1) is 0 Å². The quantitative estimate of drug-likeness (QED) is 0.353. The lowest BCUT2D eigenvalue weighted by molar-refractivity contribution is -0.139. The smallest absolute Gasteiger partial charge is 0.333 e. The molecule has 0 heterocycles. The van der Waals surface area contributed by atoms with Crippen LogP contribution in [0.3, 0.4) is 0 Å². The molecular weight excluding hydrogens is 178 g/mol. The first-order valence-electron chi connectivity index (χ1n) is 4.70. The van der Waals surface area contributed by atoms with Crippen molar-refractivity contribution >= 4 is 5.97 Å². The summed E-state index contributed by atoms with van der Waals surface area (Å²) in [5.41, 5.74) is 0.443. The van der Waals surface area contributed by atoms with Gasteiger partial charge in [0.25, 0.3) is 0 Å². The fourth-order valence-corrected chi connectivity index (χ4v) is 0.841. The molecule has 0 spiro atoms. The van der Waals surface area contributed by atoms with Crippen LogP contribution >= 0.6 is 0 Å². The zero-order valence-corrected chi connectivity index (χ0v) is 9.08. The van der Waals surface area contributed by atoms with Crippen LogP contribution < -0.4 is 0 Å². The Kier molecular flexibility index (Phi) is 6.76. The third kappa shape index (κ3) is 6.43. The summed E-state index contributed by atoms with van der Waals surface area (Å²) in [7, 11) is 1.98. The number of carbonyl (C=O) groups is 1. The molecule has 14 heavy (non-hydrogen) atoms. The Hall–Kier alpha value is -1.09. The molecule has 0 aliphatic rings. The number of likely N-dealkylation sites (N-methyl/N-ethyl adjacent to an activating group) is 1. The Bertz CT molecular complexity index is 211. The predicted octanol–water partition coefficient (Wildman–Crippen LogP) is 1.61. The average Bonchev–Trinajstić information content (AvgIpc) is 2.14. The van der Waals surface area contributed by atoms with Gasteiger partial charge in [-0.15, -0.1) is 6.58 Å². The minimum absolute atomic E-state index is 0.317. The summed E-state index contributed by atoms with van der Waals surface area (Å²) in [6.07, 6.45) is 2.82. The van der Waals surface area contributed by atoms with E-state index in [9.17, 15) is 4.79 Å². The number of nitrogens with zero attached hydrogens (tertiary/aromatic N) is 1. The van der Waals surface area contributed by atoms with E-state index in [4.69, 9.17) is 4.74 Å². The highest BCUT2D eigenvalue weighted by molar-refractivity contribution is 5.86. The van der Waals surface area contributed by atoms with Crippen molar-refractivity contribution < 1.29 is 9.53 Å². The third-order valence-corrected chi connectivity index (χ3v) is 1.77. The van der Waals surface area contributed by atoms with E-state index in [1.807, 2.05) is 13.1 Å². The normalized spacial score (nSPS) is 9.93. The van der Waals surface area contributed by atoms with E-state index < -0.39 is 0 Å². The van der Waals surface area contributed by atoms with E-state index in [-0.39, 0.29) is 5.97 Å².